The molecule has 2 spiro atoms. The third kappa shape index (κ3) is 0.434. The van der Waals surface area contributed by atoms with Crippen LogP contribution >= 0.6 is 0 Å². The SMILES string of the molecule is O=C1C2C3CC4C2C(=O)C25CC=CCC12C3C45. The first-order chi connectivity index (χ1) is 8.25. The molecule has 0 aromatic rings. The van der Waals surface area contributed by atoms with Gasteiger partial charge in [0.2, 0.25) is 0 Å². The van der Waals surface area contributed by atoms with E-state index in [1.54, 1.807) is 0 Å². The van der Waals surface area contributed by atoms with Gasteiger partial charge in [-0.3, -0.25) is 9.59 Å². The minimum atomic E-state index is -0.194. The van der Waals surface area contributed by atoms with E-state index >= 15 is 0 Å². The minimum Gasteiger partial charge on any atom is -0.299 e. The van der Waals surface area contributed by atoms with Crippen molar-refractivity contribution < 1.29 is 9.59 Å². The molecule has 2 heteroatoms. The van der Waals surface area contributed by atoms with Crippen molar-refractivity contribution in [2.75, 3.05) is 0 Å². The molecule has 0 aromatic heterocycles. The highest BCUT2D eigenvalue weighted by molar-refractivity contribution is 6.11. The van der Waals surface area contributed by atoms with Gasteiger partial charge in [-0.1, -0.05) is 12.2 Å². The monoisotopic (exact) mass is 226 g/mol. The Balaban J connectivity index is 1.79. The summed E-state index contributed by atoms with van der Waals surface area (Å²) in [6.45, 7) is 0. The first kappa shape index (κ1) is 8.23. The molecule has 5 fully saturated rings. The molecule has 0 aromatic carbocycles. The van der Waals surface area contributed by atoms with E-state index in [4.69, 9.17) is 0 Å². The summed E-state index contributed by atoms with van der Waals surface area (Å²) in [5.41, 5.74) is -0.388. The third-order valence-corrected chi connectivity index (χ3v) is 7.63. The Kier molecular flexibility index (Phi) is 0.901. The van der Waals surface area contributed by atoms with Crippen LogP contribution in [0.2, 0.25) is 0 Å². The maximum absolute atomic E-state index is 12.8. The highest BCUT2D eigenvalue weighted by Crippen LogP contribution is 2.91. The van der Waals surface area contributed by atoms with Crippen LogP contribution in [0.1, 0.15) is 19.3 Å². The standard InChI is InChI=1S/C15H14O2/c16-12-8-6-5-7-9(8)13(17)15-4-2-1-3-14(12,15)10(6)11(7)15/h1-2,6-11H,3-5H2. The molecule has 2 nitrogen and oxygen atoms in total. The fourth-order valence-corrected chi connectivity index (χ4v) is 7.71. The number of ketones is 2. The number of carbonyl (C=O) groups is 2. The summed E-state index contributed by atoms with van der Waals surface area (Å²) in [7, 11) is 0. The highest BCUT2D eigenvalue weighted by atomic mass is 16.2. The first-order valence-corrected chi connectivity index (χ1v) is 6.99. The van der Waals surface area contributed by atoms with Crippen molar-refractivity contribution in [3.05, 3.63) is 12.2 Å². The summed E-state index contributed by atoms with van der Waals surface area (Å²) >= 11 is 0. The molecule has 6 rings (SSSR count). The lowest BCUT2D eigenvalue weighted by Gasteiger charge is -2.64. The predicted molar refractivity (Wildman–Crippen MR) is 58.8 cm³/mol. The van der Waals surface area contributed by atoms with Gasteiger partial charge in [0.05, 0.1) is 0 Å². The lowest BCUT2D eigenvalue weighted by atomic mass is 9.36. The normalized spacial score (nSPS) is 71.3. The largest absolute Gasteiger partial charge is 0.299 e. The molecule has 0 N–H and O–H groups in total. The Morgan fingerprint density at radius 3 is 1.82 bits per heavy atom. The molecule has 8 atom stereocenters. The highest BCUT2D eigenvalue weighted by Gasteiger charge is 2.95. The summed E-state index contributed by atoms with van der Waals surface area (Å²) in [4.78, 5) is 25.6. The molecule has 0 aliphatic heterocycles. The maximum atomic E-state index is 12.8. The summed E-state index contributed by atoms with van der Waals surface area (Å²) in [6.07, 6.45) is 7.32. The average molecular weight is 226 g/mol. The summed E-state index contributed by atoms with van der Waals surface area (Å²) in [5, 5.41) is 0. The first-order valence-electron chi connectivity index (χ1n) is 6.99. The number of carbonyl (C=O) groups excluding carboxylic acids is 2. The van der Waals surface area contributed by atoms with E-state index in [0.717, 1.165) is 12.8 Å². The molecule has 2 bridgehead atoms. The van der Waals surface area contributed by atoms with Gasteiger partial charge in [-0.25, -0.2) is 0 Å². The maximum Gasteiger partial charge on any atom is 0.144 e. The Morgan fingerprint density at radius 1 is 0.882 bits per heavy atom. The van der Waals surface area contributed by atoms with Crippen LogP contribution in [0.15, 0.2) is 12.2 Å². The van der Waals surface area contributed by atoms with Gasteiger partial charge in [0.15, 0.2) is 0 Å². The van der Waals surface area contributed by atoms with E-state index < -0.39 is 0 Å². The van der Waals surface area contributed by atoms with Gasteiger partial charge in [-0.05, 0) is 42.9 Å². The minimum absolute atomic E-state index is 0.163. The van der Waals surface area contributed by atoms with Gasteiger partial charge in [-0.15, -0.1) is 0 Å². The van der Waals surface area contributed by atoms with E-state index in [1.807, 2.05) is 0 Å². The Bertz CT molecular complexity index is 513. The Morgan fingerprint density at radius 2 is 1.35 bits per heavy atom. The van der Waals surface area contributed by atoms with Crippen LogP contribution in [-0.4, -0.2) is 11.6 Å². The van der Waals surface area contributed by atoms with Crippen molar-refractivity contribution in [2.45, 2.75) is 19.3 Å². The van der Waals surface area contributed by atoms with Crippen molar-refractivity contribution >= 4 is 11.6 Å². The topological polar surface area (TPSA) is 34.1 Å². The molecule has 0 saturated heterocycles. The van der Waals surface area contributed by atoms with Crippen molar-refractivity contribution in [3.8, 4) is 0 Å². The van der Waals surface area contributed by atoms with Crippen LogP contribution < -0.4 is 0 Å². The van der Waals surface area contributed by atoms with Crippen LogP contribution in [0.3, 0.4) is 0 Å². The molecule has 0 heterocycles. The summed E-state index contributed by atoms with van der Waals surface area (Å²) < 4.78 is 0. The van der Waals surface area contributed by atoms with Gasteiger partial charge in [0.1, 0.15) is 11.6 Å². The van der Waals surface area contributed by atoms with E-state index in [1.165, 1.54) is 6.42 Å². The van der Waals surface area contributed by atoms with E-state index in [9.17, 15) is 9.59 Å². The second-order valence-electron chi connectivity index (χ2n) is 7.22. The molecule has 5 saturated carbocycles. The van der Waals surface area contributed by atoms with E-state index in [0.29, 0.717) is 35.2 Å². The zero-order valence-corrected chi connectivity index (χ0v) is 9.56. The molecular formula is C15H14O2. The summed E-state index contributed by atoms with van der Waals surface area (Å²) in [5.74, 6) is 3.78. The lowest BCUT2D eigenvalue weighted by molar-refractivity contribution is -0.191. The molecule has 0 radical (unpaired) electrons. The number of fused-ring (bicyclic) bond motifs is 1. The molecule has 86 valence electrons. The fourth-order valence-electron chi connectivity index (χ4n) is 7.71. The number of hydrogen-bond donors (Lipinski definition) is 0. The summed E-state index contributed by atoms with van der Waals surface area (Å²) in [6, 6.07) is 0. The van der Waals surface area contributed by atoms with Crippen LogP contribution in [-0.2, 0) is 9.59 Å². The van der Waals surface area contributed by atoms with Gasteiger partial charge in [0, 0.05) is 22.7 Å². The van der Waals surface area contributed by atoms with Gasteiger partial charge in [-0.2, -0.15) is 0 Å². The van der Waals surface area contributed by atoms with Gasteiger partial charge < -0.3 is 0 Å². The molecule has 6 aliphatic rings. The number of Topliss-reactive ketones (excluding diaryl/α,β-unsaturated/α-hetero) is 2. The van der Waals surface area contributed by atoms with Gasteiger partial charge >= 0.3 is 0 Å². The number of rotatable bonds is 0. The van der Waals surface area contributed by atoms with Crippen LogP contribution in [0, 0.1) is 46.3 Å². The van der Waals surface area contributed by atoms with Crippen LogP contribution in [0.25, 0.3) is 0 Å². The zero-order valence-electron chi connectivity index (χ0n) is 9.56. The predicted octanol–water partition coefficient (Wildman–Crippen LogP) is 1.60. The Hall–Kier alpha value is -0.920. The quantitative estimate of drug-likeness (QED) is 0.588. The Labute approximate surface area is 99.4 Å². The average Bonchev–Trinajstić information content (AvgIpc) is 2.86. The van der Waals surface area contributed by atoms with Crippen LogP contribution in [0.4, 0.5) is 0 Å². The van der Waals surface area contributed by atoms with E-state index in [2.05, 4.69) is 12.2 Å². The zero-order chi connectivity index (χ0) is 11.2. The lowest BCUT2D eigenvalue weighted by Crippen LogP contribution is -2.68. The molecule has 6 aliphatic carbocycles. The second kappa shape index (κ2) is 1.86. The molecule has 0 amide bonds. The third-order valence-electron chi connectivity index (χ3n) is 7.63. The number of allylic oxidation sites excluding steroid dienone is 2. The molecule has 17 heavy (non-hydrogen) atoms. The number of hydrogen-bond acceptors (Lipinski definition) is 2. The molecular weight excluding hydrogens is 212 g/mol. The van der Waals surface area contributed by atoms with E-state index in [-0.39, 0.29) is 22.7 Å². The fraction of sp³-hybridized carbons (Fsp3) is 0.733. The smallest absolute Gasteiger partial charge is 0.144 e. The van der Waals surface area contributed by atoms with Crippen molar-refractivity contribution in [2.24, 2.45) is 46.3 Å². The second-order valence-corrected chi connectivity index (χ2v) is 7.22. The van der Waals surface area contributed by atoms with Crippen molar-refractivity contribution in [1.29, 1.82) is 0 Å². The molecule has 8 unspecified atom stereocenters. The van der Waals surface area contributed by atoms with Crippen molar-refractivity contribution in [3.63, 3.8) is 0 Å². The van der Waals surface area contributed by atoms with Gasteiger partial charge in [0.25, 0.3) is 0 Å². The van der Waals surface area contributed by atoms with Crippen LogP contribution in [0.5, 0.6) is 0 Å². The van der Waals surface area contributed by atoms with Crippen molar-refractivity contribution in [1.82, 2.24) is 0 Å².